The number of benzene rings is 2. The Morgan fingerprint density at radius 1 is 1.03 bits per heavy atom. The first-order valence-electron chi connectivity index (χ1n) is 11.1. The van der Waals surface area contributed by atoms with Gasteiger partial charge in [-0.2, -0.15) is 4.31 Å². The Hall–Kier alpha value is -2.75. The Balaban J connectivity index is 1.58. The topological polar surface area (TPSA) is 96.0 Å². The van der Waals surface area contributed by atoms with Gasteiger partial charge in [-0.05, 0) is 55.5 Å². The molecule has 0 atom stereocenters. The van der Waals surface area contributed by atoms with Gasteiger partial charge in [0, 0.05) is 25.8 Å². The van der Waals surface area contributed by atoms with Crippen LogP contribution in [0.25, 0.3) is 0 Å². The maximum atomic E-state index is 12.9. The molecule has 1 N–H and O–H groups in total. The monoisotopic (exact) mass is 473 g/mol. The number of anilines is 1. The molecule has 0 aliphatic heterocycles. The number of ether oxygens (including phenoxy) is 1. The van der Waals surface area contributed by atoms with Crippen molar-refractivity contribution in [3.05, 3.63) is 60.2 Å². The van der Waals surface area contributed by atoms with Crippen LogP contribution in [0.1, 0.15) is 25.3 Å². The number of esters is 1. The van der Waals surface area contributed by atoms with Crippen LogP contribution in [0.15, 0.2) is 59.5 Å². The summed E-state index contributed by atoms with van der Waals surface area (Å²) in [5.74, 6) is -0.0959. The lowest BCUT2D eigenvalue weighted by Gasteiger charge is -2.20. The molecule has 1 amide bonds. The van der Waals surface area contributed by atoms with Crippen LogP contribution in [-0.2, 0) is 30.9 Å². The lowest BCUT2D eigenvalue weighted by molar-refractivity contribution is -0.144. The number of nitrogens with one attached hydrogen (secondary N) is 1. The fraction of sp³-hybridized carbons (Fsp3) is 0.417. The predicted molar refractivity (Wildman–Crippen MR) is 126 cm³/mol. The molecule has 0 saturated heterocycles. The highest BCUT2D eigenvalue weighted by atomic mass is 32.2. The van der Waals surface area contributed by atoms with Crippen molar-refractivity contribution in [2.24, 2.45) is 5.92 Å². The maximum Gasteiger partial charge on any atom is 0.320 e. The van der Waals surface area contributed by atoms with Gasteiger partial charge in [0.2, 0.25) is 15.9 Å². The Labute approximate surface area is 195 Å². The average Bonchev–Trinajstić information content (AvgIpc) is 3.59. The minimum absolute atomic E-state index is 0.0647. The van der Waals surface area contributed by atoms with Gasteiger partial charge >= 0.3 is 5.97 Å². The number of hydrogen-bond acceptors (Lipinski definition) is 6. The molecule has 0 unspecified atom stereocenters. The summed E-state index contributed by atoms with van der Waals surface area (Å²) in [6, 6.07) is 15.5. The summed E-state index contributed by atoms with van der Waals surface area (Å²) >= 11 is 0. The molecule has 1 saturated carbocycles. The zero-order valence-corrected chi connectivity index (χ0v) is 19.9. The molecule has 9 heteroatoms. The van der Waals surface area contributed by atoms with Gasteiger partial charge in [0.15, 0.2) is 0 Å². The quantitative estimate of drug-likeness (QED) is 0.476. The molecule has 0 aromatic heterocycles. The molecule has 178 valence electrons. The van der Waals surface area contributed by atoms with Crippen LogP contribution in [0.4, 0.5) is 5.69 Å². The Kier molecular flexibility index (Phi) is 8.60. The van der Waals surface area contributed by atoms with Crippen LogP contribution in [0.2, 0.25) is 0 Å². The predicted octanol–water partition coefficient (Wildman–Crippen LogP) is 2.72. The first-order valence-corrected chi connectivity index (χ1v) is 12.5. The molecule has 2 aromatic rings. The highest BCUT2D eigenvalue weighted by Gasteiger charge is 2.27. The summed E-state index contributed by atoms with van der Waals surface area (Å²) in [6.45, 7) is 3.13. The summed E-state index contributed by atoms with van der Waals surface area (Å²) in [6.07, 6.45) is 2.21. The van der Waals surface area contributed by atoms with Crippen molar-refractivity contribution in [3.8, 4) is 0 Å². The number of hydrogen-bond donors (Lipinski definition) is 1. The largest absolute Gasteiger partial charge is 0.465 e. The summed E-state index contributed by atoms with van der Waals surface area (Å²) < 4.78 is 32.0. The third kappa shape index (κ3) is 7.66. The second-order valence-electron chi connectivity index (χ2n) is 8.24. The number of rotatable bonds is 12. The molecular formula is C24H31N3O5S. The highest BCUT2D eigenvalue weighted by Crippen LogP contribution is 2.29. The summed E-state index contributed by atoms with van der Waals surface area (Å²) in [4.78, 5) is 26.3. The second-order valence-corrected chi connectivity index (χ2v) is 10.3. The van der Waals surface area contributed by atoms with Gasteiger partial charge < -0.3 is 10.1 Å². The third-order valence-electron chi connectivity index (χ3n) is 5.33. The van der Waals surface area contributed by atoms with Crippen molar-refractivity contribution >= 4 is 27.6 Å². The minimum atomic E-state index is -3.67. The summed E-state index contributed by atoms with van der Waals surface area (Å²) in [5.41, 5.74) is 1.39. The zero-order chi connectivity index (χ0) is 23.8. The smallest absolute Gasteiger partial charge is 0.320 e. The normalized spacial score (nSPS) is 13.8. The molecule has 1 fully saturated rings. The minimum Gasteiger partial charge on any atom is -0.465 e. The van der Waals surface area contributed by atoms with E-state index in [2.05, 4.69) is 5.32 Å². The average molecular weight is 474 g/mol. The summed E-state index contributed by atoms with van der Waals surface area (Å²) in [7, 11) is -2.13. The number of sulfonamides is 1. The van der Waals surface area contributed by atoms with E-state index in [0.717, 1.165) is 18.4 Å². The first-order chi connectivity index (χ1) is 15.8. The van der Waals surface area contributed by atoms with Crippen molar-refractivity contribution in [1.82, 2.24) is 9.21 Å². The number of nitrogens with zero attached hydrogens (tertiary/aromatic N) is 2. The van der Waals surface area contributed by atoms with E-state index in [4.69, 9.17) is 4.74 Å². The van der Waals surface area contributed by atoms with Crippen molar-refractivity contribution in [2.45, 2.75) is 31.2 Å². The number of amides is 1. The maximum absolute atomic E-state index is 12.9. The van der Waals surface area contributed by atoms with Gasteiger partial charge in [-0.1, -0.05) is 30.3 Å². The van der Waals surface area contributed by atoms with Crippen LogP contribution < -0.4 is 5.32 Å². The third-order valence-corrected chi connectivity index (χ3v) is 7.15. The van der Waals surface area contributed by atoms with Gasteiger partial charge in [0.25, 0.3) is 0 Å². The van der Waals surface area contributed by atoms with E-state index >= 15 is 0 Å². The molecule has 8 nitrogen and oxygen atoms in total. The van der Waals surface area contributed by atoms with Gasteiger partial charge in [0.05, 0.1) is 24.6 Å². The van der Waals surface area contributed by atoms with Crippen LogP contribution >= 0.6 is 0 Å². The molecule has 3 rings (SSSR count). The van der Waals surface area contributed by atoms with Crippen LogP contribution in [-0.4, -0.2) is 62.8 Å². The van der Waals surface area contributed by atoms with Gasteiger partial charge in [-0.25, -0.2) is 8.42 Å². The fourth-order valence-corrected chi connectivity index (χ4v) is 4.62. The van der Waals surface area contributed by atoms with E-state index in [9.17, 15) is 18.0 Å². The lowest BCUT2D eigenvalue weighted by Crippen LogP contribution is -2.38. The highest BCUT2D eigenvalue weighted by molar-refractivity contribution is 7.89. The van der Waals surface area contributed by atoms with Crippen LogP contribution in [0.5, 0.6) is 0 Å². The molecular weight excluding hydrogens is 442 g/mol. The SMILES string of the molecule is CCOC(=O)CN(CC(=O)Nc1ccc(S(=O)(=O)N(C)Cc2ccccc2)cc1)CC1CC1. The molecule has 1 aliphatic carbocycles. The Bertz CT molecular complexity index is 1040. The van der Waals surface area contributed by atoms with Crippen molar-refractivity contribution in [3.63, 3.8) is 0 Å². The molecule has 0 radical (unpaired) electrons. The van der Waals surface area contributed by atoms with E-state index < -0.39 is 10.0 Å². The standard InChI is InChI=1S/C24H31N3O5S/c1-3-32-24(29)18-27(16-20-9-10-20)17-23(28)25-21-11-13-22(14-12-21)33(30,31)26(2)15-19-7-5-4-6-8-19/h4-8,11-14,20H,3,9-10,15-18H2,1-2H3,(H,25,28). The van der Waals surface area contributed by atoms with E-state index in [1.54, 1.807) is 24.0 Å². The van der Waals surface area contributed by atoms with Crippen molar-refractivity contribution in [1.29, 1.82) is 0 Å². The van der Waals surface area contributed by atoms with Crippen LogP contribution in [0.3, 0.4) is 0 Å². The Morgan fingerprint density at radius 2 is 1.70 bits per heavy atom. The van der Waals surface area contributed by atoms with Crippen molar-refractivity contribution in [2.75, 3.05) is 38.6 Å². The lowest BCUT2D eigenvalue weighted by atomic mass is 10.2. The van der Waals surface area contributed by atoms with Crippen LogP contribution in [0, 0.1) is 5.92 Å². The van der Waals surface area contributed by atoms with Gasteiger partial charge in [-0.3, -0.25) is 14.5 Å². The molecule has 0 bridgehead atoms. The first kappa shape index (κ1) is 24.9. The molecule has 1 aliphatic rings. The van der Waals surface area contributed by atoms with E-state index in [1.165, 1.54) is 23.5 Å². The van der Waals surface area contributed by atoms with E-state index in [1.807, 2.05) is 30.3 Å². The zero-order valence-electron chi connectivity index (χ0n) is 19.1. The Morgan fingerprint density at radius 3 is 2.30 bits per heavy atom. The second kappa shape index (κ2) is 11.4. The van der Waals surface area contributed by atoms with E-state index in [-0.39, 0.29) is 36.4 Å². The summed E-state index contributed by atoms with van der Waals surface area (Å²) in [5, 5.41) is 2.78. The molecule has 33 heavy (non-hydrogen) atoms. The van der Waals surface area contributed by atoms with Gasteiger partial charge in [-0.15, -0.1) is 0 Å². The fourth-order valence-electron chi connectivity index (χ4n) is 3.46. The van der Waals surface area contributed by atoms with E-state index in [0.29, 0.717) is 24.8 Å². The van der Waals surface area contributed by atoms with Gasteiger partial charge in [0.1, 0.15) is 0 Å². The number of carbonyl (C=O) groups excluding carboxylic acids is 2. The van der Waals surface area contributed by atoms with Crippen molar-refractivity contribution < 1.29 is 22.7 Å². The molecule has 0 heterocycles. The molecule has 2 aromatic carbocycles. The number of carbonyl (C=O) groups is 2. The molecule has 0 spiro atoms.